The summed E-state index contributed by atoms with van der Waals surface area (Å²) in [5.41, 5.74) is 2.13. The lowest BCUT2D eigenvalue weighted by molar-refractivity contribution is -0.138. The van der Waals surface area contributed by atoms with Crippen LogP contribution in [0.5, 0.6) is 10.8 Å². The predicted octanol–water partition coefficient (Wildman–Crippen LogP) is 3.82. The summed E-state index contributed by atoms with van der Waals surface area (Å²) in [4.78, 5) is 32.5. The van der Waals surface area contributed by atoms with Crippen LogP contribution in [0.25, 0.3) is 0 Å². The summed E-state index contributed by atoms with van der Waals surface area (Å²) in [6, 6.07) is 7.42. The number of nitrogens with zero attached hydrogens (tertiary/aromatic N) is 3. The second-order valence-electron chi connectivity index (χ2n) is 8.38. The van der Waals surface area contributed by atoms with E-state index in [-0.39, 0.29) is 17.9 Å². The number of methoxy groups -OCH3 is 1. The van der Waals surface area contributed by atoms with Crippen LogP contribution in [0.1, 0.15) is 30.7 Å². The van der Waals surface area contributed by atoms with Gasteiger partial charge >= 0.3 is 5.97 Å². The number of piperazine rings is 1. The third-order valence-corrected chi connectivity index (χ3v) is 7.65. The first-order valence-corrected chi connectivity index (χ1v) is 12.5. The number of carbonyl (C=O) groups excluding carboxylic acids is 2. The summed E-state index contributed by atoms with van der Waals surface area (Å²) in [6.45, 7) is 7.83. The SMILES string of the molecule is CCC(C(=O)N1CCN(c2cc(Cl)ccc2OC)CC1)N1CCc2sc(OC(C)=O)cc2C1. The summed E-state index contributed by atoms with van der Waals surface area (Å²) in [7, 11) is 1.66. The van der Waals surface area contributed by atoms with Crippen LogP contribution in [0.15, 0.2) is 24.3 Å². The van der Waals surface area contributed by atoms with Crippen LogP contribution in [0.4, 0.5) is 5.69 Å². The van der Waals surface area contributed by atoms with Gasteiger partial charge in [-0.1, -0.05) is 18.5 Å². The number of hydrogen-bond donors (Lipinski definition) is 0. The van der Waals surface area contributed by atoms with Crippen molar-refractivity contribution < 1.29 is 19.1 Å². The molecule has 0 bridgehead atoms. The van der Waals surface area contributed by atoms with Gasteiger partial charge in [-0.15, -0.1) is 11.3 Å². The monoisotopic (exact) mass is 491 g/mol. The molecule has 0 N–H and O–H groups in total. The molecule has 1 aromatic carbocycles. The Morgan fingerprint density at radius 1 is 1.15 bits per heavy atom. The highest BCUT2D eigenvalue weighted by molar-refractivity contribution is 7.14. The molecule has 1 amide bonds. The second kappa shape index (κ2) is 10.3. The first kappa shape index (κ1) is 23.9. The Balaban J connectivity index is 1.39. The van der Waals surface area contributed by atoms with Crippen molar-refractivity contribution in [1.29, 1.82) is 0 Å². The molecular weight excluding hydrogens is 462 g/mol. The highest BCUT2D eigenvalue weighted by Gasteiger charge is 2.33. The minimum absolute atomic E-state index is 0.150. The van der Waals surface area contributed by atoms with Crippen molar-refractivity contribution in [1.82, 2.24) is 9.80 Å². The maximum atomic E-state index is 13.5. The fourth-order valence-corrected chi connectivity index (χ4v) is 5.88. The van der Waals surface area contributed by atoms with Gasteiger partial charge in [0, 0.05) is 56.1 Å². The summed E-state index contributed by atoms with van der Waals surface area (Å²) in [5.74, 6) is 0.675. The van der Waals surface area contributed by atoms with E-state index in [4.69, 9.17) is 21.1 Å². The Morgan fingerprint density at radius 3 is 2.58 bits per heavy atom. The zero-order valence-corrected chi connectivity index (χ0v) is 20.9. The van der Waals surface area contributed by atoms with Gasteiger partial charge in [0.25, 0.3) is 0 Å². The molecule has 2 aromatic rings. The number of fused-ring (bicyclic) bond motifs is 1. The van der Waals surface area contributed by atoms with Gasteiger partial charge in [0.05, 0.1) is 18.8 Å². The molecule has 0 aliphatic carbocycles. The van der Waals surface area contributed by atoms with Gasteiger partial charge in [-0.3, -0.25) is 14.5 Å². The molecule has 33 heavy (non-hydrogen) atoms. The van der Waals surface area contributed by atoms with Crippen LogP contribution in [0.2, 0.25) is 5.02 Å². The molecule has 1 saturated heterocycles. The predicted molar refractivity (Wildman–Crippen MR) is 131 cm³/mol. The Morgan fingerprint density at radius 2 is 1.91 bits per heavy atom. The van der Waals surface area contributed by atoms with E-state index in [1.165, 1.54) is 23.1 Å². The Labute approximate surface area is 203 Å². The van der Waals surface area contributed by atoms with Gasteiger partial charge in [0.1, 0.15) is 5.75 Å². The average Bonchev–Trinajstić information content (AvgIpc) is 3.20. The van der Waals surface area contributed by atoms with Gasteiger partial charge in [-0.25, -0.2) is 0 Å². The number of thiophene rings is 1. The molecule has 2 aliphatic heterocycles. The van der Waals surface area contributed by atoms with Gasteiger partial charge in [0.15, 0.2) is 5.06 Å². The zero-order chi connectivity index (χ0) is 23.5. The molecule has 3 heterocycles. The van der Waals surface area contributed by atoms with E-state index in [2.05, 4.69) is 16.7 Å². The van der Waals surface area contributed by atoms with Crippen LogP contribution in [0.3, 0.4) is 0 Å². The van der Waals surface area contributed by atoms with Crippen molar-refractivity contribution in [2.45, 2.75) is 39.3 Å². The zero-order valence-electron chi connectivity index (χ0n) is 19.3. The van der Waals surface area contributed by atoms with Crippen molar-refractivity contribution >= 4 is 40.5 Å². The van der Waals surface area contributed by atoms with E-state index in [0.717, 1.165) is 49.5 Å². The summed E-state index contributed by atoms with van der Waals surface area (Å²) < 4.78 is 10.8. The van der Waals surface area contributed by atoms with Gasteiger partial charge in [0.2, 0.25) is 5.91 Å². The smallest absolute Gasteiger partial charge is 0.308 e. The molecule has 1 unspecified atom stereocenters. The van der Waals surface area contributed by atoms with Gasteiger partial charge < -0.3 is 19.3 Å². The fraction of sp³-hybridized carbons (Fsp3) is 0.500. The fourth-order valence-electron chi connectivity index (χ4n) is 4.66. The number of carbonyl (C=O) groups is 2. The highest BCUT2D eigenvalue weighted by Crippen LogP contribution is 2.35. The van der Waals surface area contributed by atoms with Crippen molar-refractivity contribution in [2.75, 3.05) is 44.7 Å². The second-order valence-corrected chi connectivity index (χ2v) is 9.92. The van der Waals surface area contributed by atoms with E-state index < -0.39 is 0 Å². The number of hydrogen-bond acceptors (Lipinski definition) is 7. The molecule has 1 aromatic heterocycles. The minimum Gasteiger partial charge on any atom is -0.495 e. The molecule has 4 rings (SSSR count). The summed E-state index contributed by atoms with van der Waals surface area (Å²) >= 11 is 7.74. The minimum atomic E-state index is -0.304. The Kier molecular flexibility index (Phi) is 7.46. The first-order chi connectivity index (χ1) is 15.9. The molecule has 1 fully saturated rings. The van der Waals surface area contributed by atoms with Crippen LogP contribution in [-0.2, 0) is 22.6 Å². The molecule has 178 valence electrons. The van der Waals surface area contributed by atoms with Crippen molar-refractivity contribution in [3.05, 3.63) is 39.7 Å². The summed E-state index contributed by atoms with van der Waals surface area (Å²) in [6.07, 6.45) is 1.63. The third kappa shape index (κ3) is 5.28. The molecular formula is C24H30ClN3O4S. The van der Waals surface area contributed by atoms with Gasteiger partial charge in [-0.05, 0) is 42.7 Å². The lowest BCUT2D eigenvalue weighted by Crippen LogP contribution is -2.55. The molecule has 0 saturated carbocycles. The normalized spacial score (nSPS) is 17.5. The maximum Gasteiger partial charge on any atom is 0.308 e. The number of esters is 1. The number of rotatable bonds is 6. The molecule has 7 nitrogen and oxygen atoms in total. The van der Waals surface area contributed by atoms with Crippen LogP contribution < -0.4 is 14.4 Å². The molecule has 0 spiro atoms. The van der Waals surface area contributed by atoms with Crippen molar-refractivity contribution in [3.63, 3.8) is 0 Å². The van der Waals surface area contributed by atoms with Crippen molar-refractivity contribution in [2.24, 2.45) is 0 Å². The standard InChI is InChI=1S/C24H30ClN3O4S/c1-4-19(28-8-7-22-17(15-28)13-23(33-22)32-16(2)29)24(30)27-11-9-26(10-12-27)20-14-18(25)5-6-21(20)31-3/h5-6,13-14,19H,4,7-12,15H2,1-3H3. The molecule has 1 atom stereocenters. The number of anilines is 1. The Bertz CT molecular complexity index is 1020. The molecule has 0 radical (unpaired) electrons. The molecule has 2 aliphatic rings. The van der Waals surface area contributed by atoms with Crippen LogP contribution in [-0.4, -0.2) is 67.6 Å². The number of benzene rings is 1. The lowest BCUT2D eigenvalue weighted by atomic mass is 10.0. The van der Waals surface area contributed by atoms with Crippen LogP contribution >= 0.6 is 22.9 Å². The summed E-state index contributed by atoms with van der Waals surface area (Å²) in [5, 5.41) is 1.31. The number of amides is 1. The topological polar surface area (TPSA) is 62.3 Å². The molecule has 9 heteroatoms. The quantitative estimate of drug-likeness (QED) is 0.572. The van der Waals surface area contributed by atoms with E-state index in [1.807, 2.05) is 29.2 Å². The first-order valence-electron chi connectivity index (χ1n) is 11.3. The van der Waals surface area contributed by atoms with E-state index >= 15 is 0 Å². The third-order valence-electron chi connectivity index (χ3n) is 6.30. The van der Waals surface area contributed by atoms with E-state index in [0.29, 0.717) is 29.7 Å². The van der Waals surface area contributed by atoms with E-state index in [1.54, 1.807) is 7.11 Å². The number of ether oxygens (including phenoxy) is 2. The van der Waals surface area contributed by atoms with Gasteiger partial charge in [-0.2, -0.15) is 0 Å². The van der Waals surface area contributed by atoms with Crippen molar-refractivity contribution in [3.8, 4) is 10.8 Å². The lowest BCUT2D eigenvalue weighted by Gasteiger charge is -2.40. The van der Waals surface area contributed by atoms with E-state index in [9.17, 15) is 9.59 Å². The largest absolute Gasteiger partial charge is 0.495 e. The highest BCUT2D eigenvalue weighted by atomic mass is 35.5. The average molecular weight is 492 g/mol. The van der Waals surface area contributed by atoms with Crippen LogP contribution in [0, 0.1) is 0 Å². The number of halogens is 1. The maximum absolute atomic E-state index is 13.5. The Hall–Kier alpha value is -2.29.